The van der Waals surface area contributed by atoms with E-state index in [9.17, 15) is 22.8 Å². The fourth-order valence-electron chi connectivity index (χ4n) is 6.07. The predicted octanol–water partition coefficient (Wildman–Crippen LogP) is 7.49. The number of carbonyl (C=O) groups excluding carboxylic acids is 1. The smallest absolute Gasteiger partial charge is 0.334 e. The van der Waals surface area contributed by atoms with Crippen molar-refractivity contribution in [3.63, 3.8) is 0 Å². The van der Waals surface area contributed by atoms with E-state index in [1.807, 2.05) is 82.0 Å². The second-order valence-electron chi connectivity index (χ2n) is 13.0. The van der Waals surface area contributed by atoms with Gasteiger partial charge >= 0.3 is 6.18 Å². The Balaban J connectivity index is 1.63. The number of hydrogen-bond acceptors (Lipinski definition) is 5. The van der Waals surface area contributed by atoms with Crippen LogP contribution in [0.2, 0.25) is 0 Å². The molecule has 1 aromatic heterocycles. The van der Waals surface area contributed by atoms with Gasteiger partial charge in [0.25, 0.3) is 5.56 Å². The molecular formula is C38H48F3N5O2. The lowest BCUT2D eigenvalue weighted by Crippen LogP contribution is -2.50. The van der Waals surface area contributed by atoms with Gasteiger partial charge in [0.05, 0.1) is 5.56 Å². The summed E-state index contributed by atoms with van der Waals surface area (Å²) < 4.78 is 40.8. The molecular weight excluding hydrogens is 615 g/mol. The highest BCUT2D eigenvalue weighted by Gasteiger charge is 2.33. The van der Waals surface area contributed by atoms with Gasteiger partial charge in [0.2, 0.25) is 5.91 Å². The van der Waals surface area contributed by atoms with Crippen LogP contribution in [-0.2, 0) is 23.8 Å². The molecule has 2 aromatic carbocycles. The van der Waals surface area contributed by atoms with E-state index in [-0.39, 0.29) is 23.4 Å². The number of alkyl halides is 3. The molecule has 1 fully saturated rings. The zero-order valence-electron chi connectivity index (χ0n) is 28.9. The van der Waals surface area contributed by atoms with E-state index in [0.29, 0.717) is 36.5 Å². The molecule has 1 aliphatic rings. The second kappa shape index (κ2) is 16.4. The number of likely N-dealkylation sites (tertiary alicyclic amines) is 1. The Morgan fingerprint density at radius 1 is 0.979 bits per heavy atom. The first-order chi connectivity index (χ1) is 22.8. The Labute approximate surface area is 282 Å². The molecule has 1 amide bonds. The van der Waals surface area contributed by atoms with Crippen molar-refractivity contribution in [3.8, 4) is 0 Å². The SMILES string of the molecule is CCN1CCC(N(C/C(C)=C/C=C(\C)c2ccc(C(F)(F)F)cc2)C(=O)C(C)n2nc(C(C)C)c(=O)nc2CCc2ccccc2)CC1. The van der Waals surface area contributed by atoms with Gasteiger partial charge in [-0.25, -0.2) is 4.68 Å². The maximum atomic E-state index is 14.5. The van der Waals surface area contributed by atoms with Crippen LogP contribution in [0.15, 0.2) is 77.1 Å². The highest BCUT2D eigenvalue weighted by molar-refractivity contribution is 5.80. The summed E-state index contributed by atoms with van der Waals surface area (Å²) in [5.41, 5.74) is 2.86. The molecule has 0 aliphatic carbocycles. The third-order valence-electron chi connectivity index (χ3n) is 9.11. The Kier molecular flexibility index (Phi) is 12.5. The Morgan fingerprint density at radius 2 is 1.62 bits per heavy atom. The summed E-state index contributed by atoms with van der Waals surface area (Å²) in [4.78, 5) is 36.2. The topological polar surface area (TPSA) is 71.3 Å². The number of allylic oxidation sites excluding steroid dienone is 3. The Bertz CT molecular complexity index is 1640. The van der Waals surface area contributed by atoms with E-state index in [1.165, 1.54) is 12.1 Å². The summed E-state index contributed by atoms with van der Waals surface area (Å²) in [6, 6.07) is 14.4. The summed E-state index contributed by atoms with van der Waals surface area (Å²) in [5, 5.41) is 4.74. The molecule has 2 heterocycles. The number of carbonyl (C=O) groups is 1. The molecule has 258 valence electrons. The minimum atomic E-state index is -4.38. The third kappa shape index (κ3) is 9.52. The molecule has 0 saturated carbocycles. The summed E-state index contributed by atoms with van der Waals surface area (Å²) in [6.07, 6.45) is 2.23. The maximum absolute atomic E-state index is 14.5. The lowest BCUT2D eigenvalue weighted by Gasteiger charge is -2.39. The van der Waals surface area contributed by atoms with Crippen molar-refractivity contribution in [2.45, 2.75) is 91.4 Å². The number of aryl methyl sites for hydroxylation is 2. The fraction of sp³-hybridized carbons (Fsp3) is 0.474. The van der Waals surface area contributed by atoms with E-state index >= 15 is 0 Å². The molecule has 1 aliphatic heterocycles. The molecule has 0 radical (unpaired) electrons. The third-order valence-corrected chi connectivity index (χ3v) is 9.11. The van der Waals surface area contributed by atoms with Crippen LogP contribution in [0.3, 0.4) is 0 Å². The van der Waals surface area contributed by atoms with Crippen molar-refractivity contribution < 1.29 is 18.0 Å². The molecule has 0 N–H and O–H groups in total. The number of rotatable bonds is 12. The van der Waals surface area contributed by atoms with Crippen molar-refractivity contribution in [1.29, 1.82) is 0 Å². The number of halogens is 3. The highest BCUT2D eigenvalue weighted by Crippen LogP contribution is 2.30. The van der Waals surface area contributed by atoms with E-state index in [2.05, 4.69) is 16.8 Å². The molecule has 3 aromatic rings. The van der Waals surface area contributed by atoms with Crippen LogP contribution in [0.1, 0.15) is 94.6 Å². The second-order valence-corrected chi connectivity index (χ2v) is 13.0. The molecule has 48 heavy (non-hydrogen) atoms. The van der Waals surface area contributed by atoms with Gasteiger partial charge in [-0.3, -0.25) is 9.59 Å². The van der Waals surface area contributed by atoms with Crippen LogP contribution >= 0.6 is 0 Å². The van der Waals surface area contributed by atoms with Gasteiger partial charge in [0, 0.05) is 38.0 Å². The molecule has 0 bridgehead atoms. The standard InChI is InChI=1S/C38H48F3N5O2/c1-7-44-23-21-33(22-24-44)45(25-27(4)13-14-28(5)31-16-18-32(19-17-31)38(39,40)41)37(48)29(6)46-34(20-15-30-11-9-8-10-12-30)42-36(47)35(43-46)26(2)3/h8-14,16-19,26,29,33H,7,15,20-25H2,1-6H3/b27-13+,28-14+. The number of aromatic nitrogens is 3. The van der Waals surface area contributed by atoms with Crippen LogP contribution in [0.4, 0.5) is 13.2 Å². The average molecular weight is 664 g/mol. The van der Waals surface area contributed by atoms with Gasteiger partial charge in [0.15, 0.2) is 0 Å². The summed E-state index contributed by atoms with van der Waals surface area (Å²) in [5.74, 6) is 0.244. The minimum Gasteiger partial charge on any atom is -0.334 e. The first-order valence-electron chi connectivity index (χ1n) is 16.9. The van der Waals surface area contributed by atoms with Gasteiger partial charge in [-0.1, -0.05) is 81.0 Å². The Morgan fingerprint density at radius 3 is 2.21 bits per heavy atom. The molecule has 7 nitrogen and oxygen atoms in total. The van der Waals surface area contributed by atoms with Gasteiger partial charge in [-0.15, -0.1) is 0 Å². The molecule has 4 rings (SSSR count). The van der Waals surface area contributed by atoms with Crippen molar-refractivity contribution in [2.24, 2.45) is 0 Å². The van der Waals surface area contributed by atoms with Gasteiger partial charge in [-0.2, -0.15) is 23.3 Å². The highest BCUT2D eigenvalue weighted by atomic mass is 19.4. The number of nitrogens with zero attached hydrogens (tertiary/aromatic N) is 5. The molecule has 1 atom stereocenters. The largest absolute Gasteiger partial charge is 0.416 e. The average Bonchev–Trinajstić information content (AvgIpc) is 3.08. The maximum Gasteiger partial charge on any atom is 0.416 e. The first kappa shape index (κ1) is 36.8. The quantitative estimate of drug-likeness (QED) is 0.188. The number of amides is 1. The van der Waals surface area contributed by atoms with Crippen LogP contribution in [0.25, 0.3) is 5.57 Å². The number of benzene rings is 2. The van der Waals surface area contributed by atoms with Gasteiger partial charge < -0.3 is 9.80 Å². The Hall–Kier alpha value is -4.05. The van der Waals surface area contributed by atoms with Crippen LogP contribution < -0.4 is 5.56 Å². The van der Waals surface area contributed by atoms with Crippen molar-refractivity contribution in [1.82, 2.24) is 24.6 Å². The molecule has 1 unspecified atom stereocenters. The van der Waals surface area contributed by atoms with E-state index in [4.69, 9.17) is 5.10 Å². The summed E-state index contributed by atoms with van der Waals surface area (Å²) >= 11 is 0. The monoisotopic (exact) mass is 663 g/mol. The summed E-state index contributed by atoms with van der Waals surface area (Å²) in [7, 11) is 0. The van der Waals surface area contributed by atoms with E-state index in [0.717, 1.165) is 61.3 Å². The lowest BCUT2D eigenvalue weighted by molar-refractivity contribution is -0.138. The lowest BCUT2D eigenvalue weighted by atomic mass is 10.0. The van der Waals surface area contributed by atoms with Crippen molar-refractivity contribution >= 4 is 11.5 Å². The van der Waals surface area contributed by atoms with E-state index < -0.39 is 17.8 Å². The zero-order valence-corrected chi connectivity index (χ0v) is 28.9. The zero-order chi connectivity index (χ0) is 35.0. The minimum absolute atomic E-state index is 0.0239. The predicted molar refractivity (Wildman–Crippen MR) is 185 cm³/mol. The molecule has 1 saturated heterocycles. The van der Waals surface area contributed by atoms with Gasteiger partial charge in [0.1, 0.15) is 17.6 Å². The molecule has 0 spiro atoms. The first-order valence-corrected chi connectivity index (χ1v) is 16.9. The van der Waals surface area contributed by atoms with Crippen LogP contribution in [0.5, 0.6) is 0 Å². The normalized spacial score (nSPS) is 16.0. The van der Waals surface area contributed by atoms with Gasteiger partial charge in [-0.05, 0) is 75.4 Å². The van der Waals surface area contributed by atoms with E-state index in [1.54, 1.807) is 4.68 Å². The van der Waals surface area contributed by atoms with Crippen LogP contribution in [-0.4, -0.2) is 62.7 Å². The van der Waals surface area contributed by atoms with Crippen molar-refractivity contribution in [2.75, 3.05) is 26.2 Å². The summed E-state index contributed by atoms with van der Waals surface area (Å²) in [6.45, 7) is 14.7. The number of hydrogen-bond donors (Lipinski definition) is 0. The fourth-order valence-corrected chi connectivity index (χ4v) is 6.07. The molecule has 10 heteroatoms. The number of piperidine rings is 1. The van der Waals surface area contributed by atoms with Crippen LogP contribution in [0, 0.1) is 0 Å². The van der Waals surface area contributed by atoms with Crippen molar-refractivity contribution in [3.05, 3.63) is 111 Å².